The average Bonchev–Trinajstić information content (AvgIpc) is 2.34. The number of nitrogens with two attached hydrogens (primary N) is 1. The fourth-order valence-electron chi connectivity index (χ4n) is 1.29. The molecule has 1 amide bonds. The molecule has 0 unspecified atom stereocenters. The van der Waals surface area contributed by atoms with Crippen LogP contribution in [0.1, 0.15) is 47.0 Å². The molecule has 0 aliphatic rings. The molecule has 1 rings (SSSR count). The number of nitrogens with zero attached hydrogens (tertiary/aromatic N) is 1. The monoisotopic (exact) mass is 236 g/mol. The van der Waals surface area contributed by atoms with Crippen molar-refractivity contribution in [3.05, 3.63) is 29.6 Å². The van der Waals surface area contributed by atoms with Crippen molar-refractivity contribution in [1.82, 2.24) is 4.98 Å². The smallest absolute Gasteiger partial charge is 0.338 e. The predicted molar refractivity (Wildman–Crippen MR) is 62.6 cm³/mol. The topological polar surface area (TPSA) is 82.3 Å². The number of pyridine rings is 1. The van der Waals surface area contributed by atoms with E-state index in [4.69, 9.17) is 10.5 Å². The molecule has 0 saturated heterocycles. The minimum atomic E-state index is -0.661. The van der Waals surface area contributed by atoms with E-state index in [0.717, 1.165) is 19.3 Å². The zero-order valence-corrected chi connectivity index (χ0v) is 9.81. The van der Waals surface area contributed by atoms with Crippen LogP contribution in [-0.4, -0.2) is 23.5 Å². The summed E-state index contributed by atoms with van der Waals surface area (Å²) in [7, 11) is 0. The average molecular weight is 236 g/mol. The van der Waals surface area contributed by atoms with Gasteiger partial charge in [0.1, 0.15) is 5.69 Å². The van der Waals surface area contributed by atoms with Gasteiger partial charge in [0.25, 0.3) is 5.91 Å². The van der Waals surface area contributed by atoms with Crippen LogP contribution >= 0.6 is 0 Å². The lowest BCUT2D eigenvalue weighted by Crippen LogP contribution is -2.15. The number of esters is 1. The zero-order chi connectivity index (χ0) is 12.7. The molecule has 0 aliphatic carbocycles. The number of ether oxygens (including phenoxy) is 1. The van der Waals surface area contributed by atoms with Gasteiger partial charge in [0, 0.05) is 6.20 Å². The maximum Gasteiger partial charge on any atom is 0.338 e. The van der Waals surface area contributed by atoms with Gasteiger partial charge in [-0.15, -0.1) is 0 Å². The van der Waals surface area contributed by atoms with Crippen molar-refractivity contribution in [2.75, 3.05) is 6.61 Å². The van der Waals surface area contributed by atoms with Gasteiger partial charge in [0.05, 0.1) is 12.2 Å². The van der Waals surface area contributed by atoms with E-state index in [1.807, 2.05) is 0 Å². The van der Waals surface area contributed by atoms with Crippen LogP contribution in [-0.2, 0) is 4.74 Å². The molecule has 2 N–H and O–H groups in total. The number of amides is 1. The maximum absolute atomic E-state index is 11.6. The van der Waals surface area contributed by atoms with Gasteiger partial charge in [-0.3, -0.25) is 9.78 Å². The summed E-state index contributed by atoms with van der Waals surface area (Å²) < 4.78 is 5.05. The molecule has 5 nitrogen and oxygen atoms in total. The fourth-order valence-corrected chi connectivity index (χ4v) is 1.29. The van der Waals surface area contributed by atoms with Crippen molar-refractivity contribution in [2.24, 2.45) is 5.73 Å². The highest BCUT2D eigenvalue weighted by molar-refractivity contribution is 5.95. The van der Waals surface area contributed by atoms with E-state index < -0.39 is 11.9 Å². The van der Waals surface area contributed by atoms with Crippen molar-refractivity contribution in [3.8, 4) is 0 Å². The molecule has 17 heavy (non-hydrogen) atoms. The Bertz CT molecular complexity index is 404. The van der Waals surface area contributed by atoms with Crippen LogP contribution in [0, 0.1) is 0 Å². The summed E-state index contributed by atoms with van der Waals surface area (Å²) in [5, 5.41) is 0. The van der Waals surface area contributed by atoms with Gasteiger partial charge in [-0.05, 0) is 18.6 Å². The number of hydrogen-bond donors (Lipinski definition) is 1. The lowest BCUT2D eigenvalue weighted by Gasteiger charge is -2.04. The van der Waals surface area contributed by atoms with Gasteiger partial charge < -0.3 is 10.5 Å². The first-order chi connectivity index (χ1) is 8.15. The fraction of sp³-hybridized carbons (Fsp3) is 0.417. The van der Waals surface area contributed by atoms with Crippen LogP contribution in [0.2, 0.25) is 0 Å². The summed E-state index contributed by atoms with van der Waals surface area (Å²) in [6, 6.07) is 2.83. The third-order valence-electron chi connectivity index (χ3n) is 2.23. The summed E-state index contributed by atoms with van der Waals surface area (Å²) in [6.07, 6.45) is 4.30. The molecule has 5 heteroatoms. The highest BCUT2D eigenvalue weighted by Crippen LogP contribution is 2.04. The number of carbonyl (C=O) groups excluding carboxylic acids is 2. The lowest BCUT2D eigenvalue weighted by atomic mass is 10.2. The maximum atomic E-state index is 11.6. The molecule has 0 saturated carbocycles. The molecule has 0 spiro atoms. The van der Waals surface area contributed by atoms with Crippen LogP contribution in [0.3, 0.4) is 0 Å². The van der Waals surface area contributed by atoms with Crippen LogP contribution < -0.4 is 5.73 Å². The van der Waals surface area contributed by atoms with Crippen LogP contribution in [0.5, 0.6) is 0 Å². The Morgan fingerprint density at radius 1 is 1.41 bits per heavy atom. The molecule has 0 atom stereocenters. The number of aromatic nitrogens is 1. The van der Waals surface area contributed by atoms with E-state index in [0.29, 0.717) is 12.2 Å². The standard InChI is InChI=1S/C12H16N2O3/c1-2-3-4-7-17-12(16)9-5-6-14-10(8-9)11(13)15/h5-6,8H,2-4,7H2,1H3,(H2,13,15). The van der Waals surface area contributed by atoms with Gasteiger partial charge in [0.2, 0.25) is 0 Å². The van der Waals surface area contributed by atoms with Crippen molar-refractivity contribution in [2.45, 2.75) is 26.2 Å². The Labute approximate surface area is 100.0 Å². The van der Waals surface area contributed by atoms with Gasteiger partial charge in [-0.2, -0.15) is 0 Å². The molecule has 1 heterocycles. The minimum Gasteiger partial charge on any atom is -0.462 e. The Morgan fingerprint density at radius 2 is 2.18 bits per heavy atom. The Balaban J connectivity index is 2.56. The molecular weight excluding hydrogens is 220 g/mol. The first kappa shape index (κ1) is 13.2. The molecule has 1 aromatic heterocycles. The molecule has 0 radical (unpaired) electrons. The molecule has 0 fully saturated rings. The molecular formula is C12H16N2O3. The van der Waals surface area contributed by atoms with Crippen LogP contribution in [0.15, 0.2) is 18.3 Å². The van der Waals surface area contributed by atoms with Crippen LogP contribution in [0.4, 0.5) is 0 Å². The van der Waals surface area contributed by atoms with E-state index in [-0.39, 0.29) is 5.69 Å². The molecule has 0 bridgehead atoms. The number of unbranched alkanes of at least 4 members (excludes halogenated alkanes) is 2. The number of hydrogen-bond acceptors (Lipinski definition) is 4. The highest BCUT2D eigenvalue weighted by Gasteiger charge is 2.10. The van der Waals surface area contributed by atoms with E-state index in [2.05, 4.69) is 11.9 Å². The van der Waals surface area contributed by atoms with Gasteiger partial charge in [0.15, 0.2) is 0 Å². The second-order valence-corrected chi connectivity index (χ2v) is 3.64. The molecule has 92 valence electrons. The van der Waals surface area contributed by atoms with Crippen molar-refractivity contribution < 1.29 is 14.3 Å². The Hall–Kier alpha value is -1.91. The van der Waals surface area contributed by atoms with E-state index >= 15 is 0 Å². The van der Waals surface area contributed by atoms with Crippen molar-refractivity contribution in [1.29, 1.82) is 0 Å². The molecule has 0 aromatic carbocycles. The number of rotatable bonds is 6. The largest absolute Gasteiger partial charge is 0.462 e. The minimum absolute atomic E-state index is 0.0630. The normalized spacial score (nSPS) is 9.94. The molecule has 1 aromatic rings. The van der Waals surface area contributed by atoms with E-state index in [1.54, 1.807) is 0 Å². The number of primary amides is 1. The summed E-state index contributed by atoms with van der Waals surface area (Å²) in [4.78, 5) is 26.2. The molecule has 0 aliphatic heterocycles. The first-order valence-electron chi connectivity index (χ1n) is 5.58. The zero-order valence-electron chi connectivity index (χ0n) is 9.81. The predicted octanol–water partition coefficient (Wildman–Crippen LogP) is 1.53. The Kier molecular flexibility index (Phi) is 5.13. The van der Waals surface area contributed by atoms with Gasteiger partial charge >= 0.3 is 5.97 Å². The van der Waals surface area contributed by atoms with Crippen molar-refractivity contribution >= 4 is 11.9 Å². The summed E-state index contributed by atoms with van der Waals surface area (Å²) in [5.41, 5.74) is 5.43. The second-order valence-electron chi connectivity index (χ2n) is 3.64. The summed E-state index contributed by atoms with van der Waals surface area (Å²) in [5.74, 6) is -1.11. The number of carbonyl (C=O) groups is 2. The SMILES string of the molecule is CCCCCOC(=O)c1ccnc(C(N)=O)c1. The third-order valence-corrected chi connectivity index (χ3v) is 2.23. The van der Waals surface area contributed by atoms with E-state index in [1.165, 1.54) is 18.3 Å². The Morgan fingerprint density at radius 3 is 2.82 bits per heavy atom. The van der Waals surface area contributed by atoms with E-state index in [9.17, 15) is 9.59 Å². The lowest BCUT2D eigenvalue weighted by molar-refractivity contribution is 0.0498. The van der Waals surface area contributed by atoms with Gasteiger partial charge in [-0.1, -0.05) is 19.8 Å². The van der Waals surface area contributed by atoms with Crippen molar-refractivity contribution in [3.63, 3.8) is 0 Å². The first-order valence-corrected chi connectivity index (χ1v) is 5.58. The highest BCUT2D eigenvalue weighted by atomic mass is 16.5. The summed E-state index contributed by atoms with van der Waals surface area (Å²) in [6.45, 7) is 2.46. The summed E-state index contributed by atoms with van der Waals surface area (Å²) >= 11 is 0. The third kappa shape index (κ3) is 4.22. The second kappa shape index (κ2) is 6.62. The quantitative estimate of drug-likeness (QED) is 0.599. The van der Waals surface area contributed by atoms with Crippen LogP contribution in [0.25, 0.3) is 0 Å². The van der Waals surface area contributed by atoms with Gasteiger partial charge in [-0.25, -0.2) is 4.79 Å².